The van der Waals surface area contributed by atoms with E-state index in [-0.39, 0.29) is 12.0 Å². The van der Waals surface area contributed by atoms with Crippen LogP contribution in [0.2, 0.25) is 5.15 Å². The summed E-state index contributed by atoms with van der Waals surface area (Å²) < 4.78 is 5.26. The van der Waals surface area contributed by atoms with Crippen LogP contribution in [0.5, 0.6) is 0 Å². The van der Waals surface area contributed by atoms with Crippen LogP contribution in [0.1, 0.15) is 13.8 Å². The molecule has 1 aromatic heterocycles. The van der Waals surface area contributed by atoms with E-state index < -0.39 is 0 Å². The van der Waals surface area contributed by atoms with Gasteiger partial charge in [-0.2, -0.15) is 4.98 Å². The summed E-state index contributed by atoms with van der Waals surface area (Å²) in [7, 11) is 0. The van der Waals surface area contributed by atoms with Crippen molar-refractivity contribution in [3.05, 3.63) is 11.2 Å². The van der Waals surface area contributed by atoms with Crippen LogP contribution in [0.3, 0.4) is 0 Å². The Balaban J connectivity index is 2.56. The molecule has 1 atom stereocenters. The molecule has 0 aromatic carbocycles. The molecule has 0 aliphatic rings. The summed E-state index contributed by atoms with van der Waals surface area (Å²) in [5, 5.41) is 3.45. The summed E-state index contributed by atoms with van der Waals surface area (Å²) in [6.45, 7) is 5.24. The van der Waals surface area contributed by atoms with E-state index in [1.54, 1.807) is 6.07 Å². The molecular formula is C9H15ClN4O. The lowest BCUT2D eigenvalue weighted by atomic mass is 10.3. The summed E-state index contributed by atoms with van der Waals surface area (Å²) in [6, 6.07) is 1.77. The number of nitrogens with zero attached hydrogens (tertiary/aromatic N) is 2. The third kappa shape index (κ3) is 4.31. The molecule has 1 heterocycles. The standard InChI is InChI=1S/C9H15ClN4O/c1-3-15-5-6(2)12-8-4-7(10)13-9(11)14-8/h4,6H,3,5H2,1-2H3,(H3,11,12,13,14). The SMILES string of the molecule is CCOCC(C)Nc1cc(Cl)nc(N)n1. The van der Waals surface area contributed by atoms with Crippen molar-refractivity contribution < 1.29 is 4.74 Å². The quantitative estimate of drug-likeness (QED) is 0.751. The van der Waals surface area contributed by atoms with Crippen molar-refractivity contribution in [2.45, 2.75) is 19.9 Å². The van der Waals surface area contributed by atoms with Gasteiger partial charge in [0.05, 0.1) is 6.61 Å². The predicted molar refractivity (Wildman–Crippen MR) is 61.0 cm³/mol. The van der Waals surface area contributed by atoms with Crippen LogP contribution in [0.4, 0.5) is 11.8 Å². The molecule has 84 valence electrons. The van der Waals surface area contributed by atoms with E-state index in [9.17, 15) is 0 Å². The molecule has 6 heteroatoms. The van der Waals surface area contributed by atoms with Crippen molar-refractivity contribution in [3.8, 4) is 0 Å². The Morgan fingerprint density at radius 1 is 1.60 bits per heavy atom. The summed E-state index contributed by atoms with van der Waals surface area (Å²) in [4.78, 5) is 7.76. The first-order valence-electron chi connectivity index (χ1n) is 4.76. The fourth-order valence-electron chi connectivity index (χ4n) is 1.10. The first kappa shape index (κ1) is 12.0. The second-order valence-electron chi connectivity index (χ2n) is 3.14. The minimum absolute atomic E-state index is 0.148. The number of anilines is 2. The first-order valence-corrected chi connectivity index (χ1v) is 5.14. The molecule has 0 amide bonds. The number of ether oxygens (including phenoxy) is 1. The lowest BCUT2D eigenvalue weighted by Crippen LogP contribution is -2.22. The second kappa shape index (κ2) is 5.72. The molecule has 0 saturated heterocycles. The molecule has 0 aliphatic carbocycles. The molecule has 0 saturated carbocycles. The van der Waals surface area contributed by atoms with E-state index in [1.165, 1.54) is 0 Å². The zero-order chi connectivity index (χ0) is 11.3. The lowest BCUT2D eigenvalue weighted by Gasteiger charge is -2.14. The van der Waals surface area contributed by atoms with Crippen molar-refractivity contribution in [3.63, 3.8) is 0 Å². The Morgan fingerprint density at radius 2 is 2.33 bits per heavy atom. The fraction of sp³-hybridized carbons (Fsp3) is 0.556. The number of hydrogen-bond acceptors (Lipinski definition) is 5. The Kier molecular flexibility index (Phi) is 4.58. The summed E-state index contributed by atoms with van der Waals surface area (Å²) in [5.74, 6) is 0.772. The Labute approximate surface area is 94.0 Å². The van der Waals surface area contributed by atoms with Crippen LogP contribution in [-0.4, -0.2) is 29.2 Å². The Hall–Kier alpha value is -1.07. The number of nitrogens with two attached hydrogens (primary N) is 1. The van der Waals surface area contributed by atoms with E-state index in [0.717, 1.165) is 0 Å². The highest BCUT2D eigenvalue weighted by atomic mass is 35.5. The molecule has 1 rings (SSSR count). The maximum absolute atomic E-state index is 5.74. The highest BCUT2D eigenvalue weighted by Gasteiger charge is 2.05. The molecule has 0 fully saturated rings. The molecule has 3 N–H and O–H groups in total. The van der Waals surface area contributed by atoms with Gasteiger partial charge in [-0.05, 0) is 13.8 Å². The zero-order valence-electron chi connectivity index (χ0n) is 8.83. The summed E-state index contributed by atoms with van der Waals surface area (Å²) >= 11 is 5.74. The topological polar surface area (TPSA) is 73.1 Å². The minimum atomic E-state index is 0.148. The van der Waals surface area contributed by atoms with E-state index in [2.05, 4.69) is 15.3 Å². The van der Waals surface area contributed by atoms with Gasteiger partial charge in [0, 0.05) is 18.7 Å². The minimum Gasteiger partial charge on any atom is -0.380 e. The third-order valence-electron chi connectivity index (χ3n) is 1.68. The largest absolute Gasteiger partial charge is 0.380 e. The second-order valence-corrected chi connectivity index (χ2v) is 3.53. The van der Waals surface area contributed by atoms with Crippen LogP contribution in [0, 0.1) is 0 Å². The van der Waals surface area contributed by atoms with Gasteiger partial charge in [0.2, 0.25) is 5.95 Å². The average molecular weight is 231 g/mol. The third-order valence-corrected chi connectivity index (χ3v) is 1.87. The molecule has 0 radical (unpaired) electrons. The summed E-state index contributed by atoms with van der Waals surface area (Å²) in [6.07, 6.45) is 0. The molecule has 1 unspecified atom stereocenters. The van der Waals surface area contributed by atoms with E-state index in [0.29, 0.717) is 24.2 Å². The van der Waals surface area contributed by atoms with Crippen molar-refractivity contribution in [2.75, 3.05) is 24.3 Å². The molecule has 0 bridgehead atoms. The van der Waals surface area contributed by atoms with Crippen LogP contribution in [0.15, 0.2) is 6.07 Å². The van der Waals surface area contributed by atoms with Crippen molar-refractivity contribution in [1.82, 2.24) is 9.97 Å². The van der Waals surface area contributed by atoms with E-state index in [1.807, 2.05) is 13.8 Å². The molecule has 0 spiro atoms. The number of nitrogens with one attached hydrogen (secondary N) is 1. The average Bonchev–Trinajstić information content (AvgIpc) is 2.13. The molecule has 15 heavy (non-hydrogen) atoms. The van der Waals surface area contributed by atoms with Crippen molar-refractivity contribution in [1.29, 1.82) is 0 Å². The first-order chi connectivity index (χ1) is 7.11. The fourth-order valence-corrected chi connectivity index (χ4v) is 1.29. The van der Waals surface area contributed by atoms with Gasteiger partial charge in [0.1, 0.15) is 11.0 Å². The molecule has 5 nitrogen and oxygen atoms in total. The number of halogens is 1. The maximum Gasteiger partial charge on any atom is 0.223 e. The smallest absolute Gasteiger partial charge is 0.223 e. The van der Waals surface area contributed by atoms with Crippen LogP contribution < -0.4 is 11.1 Å². The normalized spacial score (nSPS) is 12.5. The molecular weight excluding hydrogens is 216 g/mol. The van der Waals surface area contributed by atoms with Crippen molar-refractivity contribution in [2.24, 2.45) is 0 Å². The Bertz CT molecular complexity index is 301. The Morgan fingerprint density at radius 3 is 2.93 bits per heavy atom. The number of aromatic nitrogens is 2. The maximum atomic E-state index is 5.74. The highest BCUT2D eigenvalue weighted by Crippen LogP contribution is 2.13. The number of nitrogen functional groups attached to an aromatic ring is 1. The van der Waals surface area contributed by atoms with Gasteiger partial charge >= 0.3 is 0 Å². The molecule has 0 aliphatic heterocycles. The highest BCUT2D eigenvalue weighted by molar-refractivity contribution is 6.29. The van der Waals surface area contributed by atoms with Gasteiger partial charge in [-0.15, -0.1) is 0 Å². The van der Waals surface area contributed by atoms with Crippen LogP contribution in [0.25, 0.3) is 0 Å². The van der Waals surface area contributed by atoms with Gasteiger partial charge in [0.25, 0.3) is 0 Å². The predicted octanol–water partition coefficient (Wildman–Crippen LogP) is 1.55. The van der Waals surface area contributed by atoms with Gasteiger partial charge < -0.3 is 15.8 Å². The number of hydrogen-bond donors (Lipinski definition) is 2. The monoisotopic (exact) mass is 230 g/mol. The van der Waals surface area contributed by atoms with Crippen LogP contribution >= 0.6 is 11.6 Å². The summed E-state index contributed by atoms with van der Waals surface area (Å²) in [5.41, 5.74) is 5.46. The van der Waals surface area contributed by atoms with Gasteiger partial charge in [0.15, 0.2) is 0 Å². The van der Waals surface area contributed by atoms with Gasteiger partial charge in [-0.1, -0.05) is 11.6 Å². The zero-order valence-corrected chi connectivity index (χ0v) is 9.58. The molecule has 1 aromatic rings. The van der Waals surface area contributed by atoms with Gasteiger partial charge in [-0.25, -0.2) is 4.98 Å². The van der Waals surface area contributed by atoms with Gasteiger partial charge in [-0.3, -0.25) is 0 Å². The van der Waals surface area contributed by atoms with Crippen LogP contribution in [-0.2, 0) is 4.74 Å². The van der Waals surface area contributed by atoms with E-state index >= 15 is 0 Å². The van der Waals surface area contributed by atoms with E-state index in [4.69, 9.17) is 22.1 Å². The number of rotatable bonds is 5. The lowest BCUT2D eigenvalue weighted by molar-refractivity contribution is 0.141. The van der Waals surface area contributed by atoms with Crippen molar-refractivity contribution >= 4 is 23.4 Å².